The Hall–Kier alpha value is -1.04. The van der Waals surface area contributed by atoms with Gasteiger partial charge in [0.1, 0.15) is 0 Å². The quantitative estimate of drug-likeness (QED) is 0.865. The van der Waals surface area contributed by atoms with Crippen LogP contribution in [0.25, 0.3) is 0 Å². The molecule has 122 valence electrons. The summed E-state index contributed by atoms with van der Waals surface area (Å²) in [6.07, 6.45) is 4.83. The highest BCUT2D eigenvalue weighted by Crippen LogP contribution is 2.43. The molecule has 4 fully saturated rings. The zero-order chi connectivity index (χ0) is 15.4. The molecule has 4 nitrogen and oxygen atoms in total. The SMILES string of the molecule is O=C(Nc1ccc2c(c1)SN([C@@H]1CN3CCC1CC3)C2)C1CC1. The number of nitrogens with zero attached hydrogens (tertiary/aromatic N) is 2. The first kappa shape index (κ1) is 14.3. The van der Waals surface area contributed by atoms with Gasteiger partial charge in [-0.15, -0.1) is 0 Å². The van der Waals surface area contributed by atoms with Crippen LogP contribution in [0.5, 0.6) is 0 Å². The molecule has 1 aliphatic carbocycles. The minimum atomic E-state index is 0.196. The molecule has 5 aliphatic rings. The van der Waals surface area contributed by atoms with Crippen LogP contribution in [0.3, 0.4) is 0 Å². The molecule has 1 amide bonds. The van der Waals surface area contributed by atoms with E-state index in [0.29, 0.717) is 6.04 Å². The van der Waals surface area contributed by atoms with E-state index in [0.717, 1.165) is 31.0 Å². The number of amides is 1. The molecule has 1 N–H and O–H groups in total. The van der Waals surface area contributed by atoms with E-state index >= 15 is 0 Å². The van der Waals surface area contributed by atoms with Gasteiger partial charge in [0.05, 0.1) is 0 Å². The zero-order valence-corrected chi connectivity index (χ0v) is 14.1. The Bertz CT molecular complexity index is 637. The fourth-order valence-electron chi connectivity index (χ4n) is 4.21. The second-order valence-corrected chi connectivity index (χ2v) is 8.55. The molecular formula is C18H23N3OS. The van der Waals surface area contributed by atoms with Crippen LogP contribution in [0.15, 0.2) is 23.1 Å². The van der Waals surface area contributed by atoms with Crippen molar-refractivity contribution in [2.75, 3.05) is 25.0 Å². The highest BCUT2D eigenvalue weighted by Gasteiger charge is 2.40. The maximum atomic E-state index is 11.9. The topological polar surface area (TPSA) is 35.6 Å². The van der Waals surface area contributed by atoms with Gasteiger partial charge in [0.2, 0.25) is 5.91 Å². The van der Waals surface area contributed by atoms with Crippen LogP contribution < -0.4 is 5.32 Å². The third-order valence-electron chi connectivity index (χ3n) is 5.82. The molecule has 0 aromatic heterocycles. The number of rotatable bonds is 3. The van der Waals surface area contributed by atoms with Gasteiger partial charge >= 0.3 is 0 Å². The van der Waals surface area contributed by atoms with E-state index in [1.54, 1.807) is 0 Å². The lowest BCUT2D eigenvalue weighted by Crippen LogP contribution is -2.54. The molecule has 5 heteroatoms. The van der Waals surface area contributed by atoms with Crippen LogP contribution >= 0.6 is 11.9 Å². The second-order valence-electron chi connectivity index (χ2n) is 7.46. The first-order valence-electron chi connectivity index (χ1n) is 8.87. The van der Waals surface area contributed by atoms with Crippen molar-refractivity contribution in [3.05, 3.63) is 23.8 Å². The molecule has 23 heavy (non-hydrogen) atoms. The van der Waals surface area contributed by atoms with Gasteiger partial charge in [-0.2, -0.15) is 0 Å². The highest BCUT2D eigenvalue weighted by atomic mass is 32.2. The molecule has 1 aromatic rings. The number of carbonyl (C=O) groups is 1. The van der Waals surface area contributed by atoms with Crippen LogP contribution in [0, 0.1) is 11.8 Å². The summed E-state index contributed by atoms with van der Waals surface area (Å²) < 4.78 is 2.59. The van der Waals surface area contributed by atoms with Crippen LogP contribution in [0.4, 0.5) is 5.69 Å². The molecule has 4 heterocycles. The molecule has 4 aliphatic heterocycles. The molecule has 0 spiro atoms. The molecule has 0 unspecified atom stereocenters. The van der Waals surface area contributed by atoms with Gasteiger partial charge in [-0.05, 0) is 74.3 Å². The van der Waals surface area contributed by atoms with Gasteiger partial charge < -0.3 is 10.2 Å². The lowest BCUT2D eigenvalue weighted by molar-refractivity contribution is -0.117. The second kappa shape index (κ2) is 5.50. The average molecular weight is 329 g/mol. The van der Waals surface area contributed by atoms with Crippen molar-refractivity contribution < 1.29 is 4.79 Å². The summed E-state index contributed by atoms with van der Waals surface area (Å²) in [4.78, 5) is 15.9. The van der Waals surface area contributed by atoms with Crippen LogP contribution in [-0.2, 0) is 11.3 Å². The molecule has 2 bridgehead atoms. The van der Waals surface area contributed by atoms with E-state index in [9.17, 15) is 4.79 Å². The normalized spacial score (nSPS) is 32.8. The molecule has 1 atom stereocenters. The van der Waals surface area contributed by atoms with Crippen molar-refractivity contribution in [1.29, 1.82) is 0 Å². The standard InChI is InChI=1S/C18H23N3OS/c22-18(13-1-2-13)19-15-4-3-14-10-21(23-17(14)9-15)16-11-20-7-5-12(16)6-8-20/h3-4,9,12-13,16H,1-2,5-8,10-11H2,(H,19,22)/t16-/m1/s1. The fourth-order valence-corrected chi connectivity index (χ4v) is 5.47. The summed E-state index contributed by atoms with van der Waals surface area (Å²) in [5, 5.41) is 3.08. The van der Waals surface area contributed by atoms with Crippen molar-refractivity contribution in [3.8, 4) is 0 Å². The highest BCUT2D eigenvalue weighted by molar-refractivity contribution is 7.97. The number of benzene rings is 1. The zero-order valence-electron chi connectivity index (χ0n) is 13.3. The average Bonchev–Trinajstić information content (AvgIpc) is 3.35. The number of hydrogen-bond donors (Lipinski definition) is 1. The summed E-state index contributed by atoms with van der Waals surface area (Å²) in [5.41, 5.74) is 2.37. The van der Waals surface area contributed by atoms with Crippen molar-refractivity contribution in [2.24, 2.45) is 11.8 Å². The van der Waals surface area contributed by atoms with Crippen molar-refractivity contribution in [3.63, 3.8) is 0 Å². The minimum Gasteiger partial charge on any atom is -0.326 e. The van der Waals surface area contributed by atoms with E-state index in [-0.39, 0.29) is 11.8 Å². The van der Waals surface area contributed by atoms with Gasteiger partial charge in [-0.25, -0.2) is 4.31 Å². The number of anilines is 1. The van der Waals surface area contributed by atoms with Gasteiger partial charge in [-0.1, -0.05) is 6.07 Å². The minimum absolute atomic E-state index is 0.196. The maximum Gasteiger partial charge on any atom is 0.227 e. The Labute approximate surface area is 141 Å². The molecule has 0 radical (unpaired) electrons. The van der Waals surface area contributed by atoms with E-state index in [1.807, 2.05) is 11.9 Å². The van der Waals surface area contributed by atoms with Gasteiger partial charge in [0, 0.05) is 35.6 Å². The molecular weight excluding hydrogens is 306 g/mol. The molecule has 1 aromatic carbocycles. The number of carbonyl (C=O) groups excluding carboxylic acids is 1. The Morgan fingerprint density at radius 3 is 2.70 bits per heavy atom. The van der Waals surface area contributed by atoms with Crippen molar-refractivity contribution in [2.45, 2.75) is 43.2 Å². The lowest BCUT2D eigenvalue weighted by Gasteiger charge is -2.47. The van der Waals surface area contributed by atoms with Crippen LogP contribution in [0.1, 0.15) is 31.2 Å². The first-order valence-corrected chi connectivity index (χ1v) is 9.64. The van der Waals surface area contributed by atoms with Crippen molar-refractivity contribution in [1.82, 2.24) is 9.21 Å². The van der Waals surface area contributed by atoms with Crippen LogP contribution in [-0.4, -0.2) is 40.8 Å². The Balaban J connectivity index is 1.30. The predicted molar refractivity (Wildman–Crippen MR) is 92.1 cm³/mol. The summed E-state index contributed by atoms with van der Waals surface area (Å²) in [6, 6.07) is 7.13. The Kier molecular flexibility index (Phi) is 3.42. The summed E-state index contributed by atoms with van der Waals surface area (Å²) in [6.45, 7) is 4.87. The molecule has 1 saturated carbocycles. The fraction of sp³-hybridized carbons (Fsp3) is 0.611. The number of fused-ring (bicyclic) bond motifs is 4. The number of piperidine rings is 3. The molecule has 6 rings (SSSR count). The number of hydrogen-bond acceptors (Lipinski definition) is 4. The van der Waals surface area contributed by atoms with E-state index in [2.05, 4.69) is 32.7 Å². The predicted octanol–water partition coefficient (Wildman–Crippen LogP) is 2.95. The van der Waals surface area contributed by atoms with E-state index in [1.165, 1.54) is 42.9 Å². The summed E-state index contributed by atoms with van der Waals surface area (Å²) in [7, 11) is 0. The smallest absolute Gasteiger partial charge is 0.227 e. The van der Waals surface area contributed by atoms with Crippen molar-refractivity contribution >= 4 is 23.5 Å². The first-order chi connectivity index (χ1) is 11.3. The van der Waals surface area contributed by atoms with E-state index < -0.39 is 0 Å². The third kappa shape index (κ3) is 2.69. The Morgan fingerprint density at radius 2 is 2.00 bits per heavy atom. The Morgan fingerprint density at radius 1 is 1.17 bits per heavy atom. The number of nitrogens with one attached hydrogen (secondary N) is 1. The largest absolute Gasteiger partial charge is 0.326 e. The summed E-state index contributed by atoms with van der Waals surface area (Å²) >= 11 is 1.90. The van der Waals surface area contributed by atoms with Gasteiger partial charge in [0.15, 0.2) is 0 Å². The van der Waals surface area contributed by atoms with E-state index in [4.69, 9.17) is 0 Å². The monoisotopic (exact) mass is 329 g/mol. The molecule has 3 saturated heterocycles. The third-order valence-corrected chi connectivity index (χ3v) is 7.03. The van der Waals surface area contributed by atoms with Crippen LogP contribution in [0.2, 0.25) is 0 Å². The van der Waals surface area contributed by atoms with Gasteiger partial charge in [0.25, 0.3) is 0 Å². The van der Waals surface area contributed by atoms with Gasteiger partial charge in [-0.3, -0.25) is 4.79 Å². The lowest BCUT2D eigenvalue weighted by atomic mass is 9.84. The summed E-state index contributed by atoms with van der Waals surface area (Å²) in [5.74, 6) is 1.33. The maximum absolute atomic E-state index is 11.9.